The Bertz CT molecular complexity index is 279. The van der Waals surface area contributed by atoms with Crippen molar-refractivity contribution >= 4 is 12.0 Å². The zero-order valence-corrected chi connectivity index (χ0v) is 10.2. The predicted octanol–water partition coefficient (Wildman–Crippen LogP) is -0.404. The van der Waals surface area contributed by atoms with Gasteiger partial charge in [-0.3, -0.25) is 10.2 Å². The predicted molar refractivity (Wildman–Crippen MR) is 60.4 cm³/mol. The Morgan fingerprint density at radius 3 is 2.59 bits per heavy atom. The lowest BCUT2D eigenvalue weighted by Crippen LogP contribution is -2.52. The molecule has 1 unspecified atom stereocenters. The maximum atomic E-state index is 11.7. The van der Waals surface area contributed by atoms with Crippen LogP contribution in [0.2, 0.25) is 0 Å². The van der Waals surface area contributed by atoms with Crippen LogP contribution in [-0.2, 0) is 9.53 Å². The molecule has 1 saturated heterocycles. The molecule has 2 N–H and O–H groups in total. The number of carbonyl (C=O) groups is 2. The van der Waals surface area contributed by atoms with Gasteiger partial charge in [0.15, 0.2) is 0 Å². The van der Waals surface area contributed by atoms with Crippen molar-refractivity contribution in [3.8, 4) is 0 Å². The molecule has 7 nitrogen and oxygen atoms in total. The number of morpholine rings is 1. The van der Waals surface area contributed by atoms with Gasteiger partial charge in [-0.15, -0.1) is 0 Å². The average Bonchev–Trinajstić information content (AvgIpc) is 2.29. The summed E-state index contributed by atoms with van der Waals surface area (Å²) < 4.78 is 5.15. The quantitative estimate of drug-likeness (QED) is 0.704. The minimum atomic E-state index is -0.906. The van der Waals surface area contributed by atoms with Crippen LogP contribution in [0, 0.1) is 5.92 Å². The standard InChI is InChI=1S/C10H19N3O4/c1-8(9(14)15)7-12(2)10(16)11-13-3-5-17-6-4-13/h8H,3-7H2,1-2H3,(H,11,16)(H,14,15). The zero-order chi connectivity index (χ0) is 12.8. The normalized spacial score (nSPS) is 18.5. The topological polar surface area (TPSA) is 82.1 Å². The molecular weight excluding hydrogens is 226 g/mol. The molecule has 0 spiro atoms. The number of hydrazine groups is 1. The Balaban J connectivity index is 2.33. The van der Waals surface area contributed by atoms with Gasteiger partial charge in [0, 0.05) is 26.7 Å². The van der Waals surface area contributed by atoms with Crippen LogP contribution >= 0.6 is 0 Å². The lowest BCUT2D eigenvalue weighted by molar-refractivity contribution is -0.141. The second-order valence-corrected chi connectivity index (χ2v) is 4.14. The van der Waals surface area contributed by atoms with E-state index in [0.717, 1.165) is 0 Å². The fourth-order valence-electron chi connectivity index (χ4n) is 1.47. The van der Waals surface area contributed by atoms with Gasteiger partial charge >= 0.3 is 12.0 Å². The molecule has 1 aliphatic rings. The monoisotopic (exact) mass is 245 g/mol. The molecule has 0 saturated carbocycles. The summed E-state index contributed by atoms with van der Waals surface area (Å²) in [5.74, 6) is -1.48. The van der Waals surface area contributed by atoms with Gasteiger partial charge in [0.25, 0.3) is 0 Å². The molecule has 1 aliphatic heterocycles. The van der Waals surface area contributed by atoms with Crippen molar-refractivity contribution in [2.24, 2.45) is 5.92 Å². The fraction of sp³-hybridized carbons (Fsp3) is 0.800. The largest absolute Gasteiger partial charge is 0.481 e. The van der Waals surface area contributed by atoms with Crippen LogP contribution in [0.3, 0.4) is 0 Å². The molecule has 1 heterocycles. The highest BCUT2D eigenvalue weighted by atomic mass is 16.5. The van der Waals surface area contributed by atoms with E-state index in [4.69, 9.17) is 9.84 Å². The summed E-state index contributed by atoms with van der Waals surface area (Å²) in [5, 5.41) is 10.5. The molecular formula is C10H19N3O4. The molecule has 17 heavy (non-hydrogen) atoms. The highest BCUT2D eigenvalue weighted by Gasteiger charge is 2.19. The summed E-state index contributed by atoms with van der Waals surface area (Å²) in [7, 11) is 1.58. The average molecular weight is 245 g/mol. The summed E-state index contributed by atoms with van der Waals surface area (Å²) in [6, 6.07) is -0.292. The Kier molecular flexibility index (Phi) is 5.17. The van der Waals surface area contributed by atoms with Crippen LogP contribution in [0.15, 0.2) is 0 Å². The lowest BCUT2D eigenvalue weighted by atomic mass is 10.2. The van der Waals surface area contributed by atoms with Crippen LogP contribution in [0.25, 0.3) is 0 Å². The van der Waals surface area contributed by atoms with E-state index in [-0.39, 0.29) is 12.6 Å². The maximum absolute atomic E-state index is 11.7. The number of rotatable bonds is 4. The summed E-state index contributed by atoms with van der Waals surface area (Å²) in [5.41, 5.74) is 2.71. The van der Waals surface area contributed by atoms with Crippen molar-refractivity contribution in [3.05, 3.63) is 0 Å². The maximum Gasteiger partial charge on any atom is 0.331 e. The number of nitrogens with zero attached hydrogens (tertiary/aromatic N) is 2. The number of carboxylic acid groups (broad SMARTS) is 1. The van der Waals surface area contributed by atoms with Crippen LogP contribution in [0.4, 0.5) is 4.79 Å². The minimum absolute atomic E-state index is 0.186. The Labute approximate surface area is 100 Å². The first-order chi connectivity index (χ1) is 8.00. The van der Waals surface area contributed by atoms with Crippen LogP contribution < -0.4 is 5.43 Å². The van der Waals surface area contributed by atoms with Crippen LogP contribution in [-0.4, -0.2) is 66.9 Å². The number of carbonyl (C=O) groups excluding carboxylic acids is 1. The van der Waals surface area contributed by atoms with Crippen molar-refractivity contribution in [1.29, 1.82) is 0 Å². The summed E-state index contributed by atoms with van der Waals surface area (Å²) >= 11 is 0. The van der Waals surface area contributed by atoms with E-state index >= 15 is 0 Å². The molecule has 0 radical (unpaired) electrons. The molecule has 0 aromatic carbocycles. The van der Waals surface area contributed by atoms with Crippen molar-refractivity contribution in [2.45, 2.75) is 6.92 Å². The van der Waals surface area contributed by atoms with Gasteiger partial charge in [-0.05, 0) is 0 Å². The van der Waals surface area contributed by atoms with Crippen molar-refractivity contribution in [2.75, 3.05) is 39.9 Å². The SMILES string of the molecule is CC(CN(C)C(=O)NN1CCOCC1)C(=O)O. The molecule has 7 heteroatoms. The van der Waals surface area contributed by atoms with Gasteiger partial charge in [-0.25, -0.2) is 9.80 Å². The third-order valence-corrected chi connectivity index (χ3v) is 2.58. The molecule has 0 bridgehead atoms. The highest BCUT2D eigenvalue weighted by molar-refractivity contribution is 5.75. The third kappa shape index (κ3) is 4.58. The van der Waals surface area contributed by atoms with Crippen LogP contribution in [0.5, 0.6) is 0 Å². The molecule has 0 aromatic rings. The Morgan fingerprint density at radius 1 is 1.47 bits per heavy atom. The van der Waals surface area contributed by atoms with Gasteiger partial charge in [0.05, 0.1) is 19.1 Å². The number of hydrogen-bond acceptors (Lipinski definition) is 4. The first-order valence-corrected chi connectivity index (χ1v) is 5.58. The highest BCUT2D eigenvalue weighted by Crippen LogP contribution is 1.99. The number of ether oxygens (including phenoxy) is 1. The summed E-state index contributed by atoms with van der Waals surface area (Å²) in [4.78, 5) is 23.7. The van der Waals surface area contributed by atoms with E-state index in [0.29, 0.717) is 26.3 Å². The van der Waals surface area contributed by atoms with E-state index in [9.17, 15) is 9.59 Å². The number of carboxylic acids is 1. The van der Waals surface area contributed by atoms with Gasteiger partial charge in [-0.1, -0.05) is 6.92 Å². The van der Waals surface area contributed by atoms with E-state index in [2.05, 4.69) is 5.43 Å². The number of amides is 2. The number of aliphatic carboxylic acids is 1. The van der Waals surface area contributed by atoms with Crippen molar-refractivity contribution in [3.63, 3.8) is 0 Å². The van der Waals surface area contributed by atoms with Crippen molar-refractivity contribution < 1.29 is 19.4 Å². The first-order valence-electron chi connectivity index (χ1n) is 5.58. The molecule has 1 rings (SSSR count). The molecule has 98 valence electrons. The molecule has 1 fully saturated rings. The Hall–Kier alpha value is -1.34. The molecule has 0 aliphatic carbocycles. The van der Waals surface area contributed by atoms with Gasteiger partial charge < -0.3 is 14.7 Å². The summed E-state index contributed by atoms with van der Waals surface area (Å²) in [6.45, 7) is 4.24. The number of hydrogen-bond donors (Lipinski definition) is 2. The van der Waals surface area contributed by atoms with E-state index < -0.39 is 11.9 Å². The van der Waals surface area contributed by atoms with Gasteiger partial charge in [0.1, 0.15) is 0 Å². The third-order valence-electron chi connectivity index (χ3n) is 2.58. The molecule has 2 amide bonds. The Morgan fingerprint density at radius 2 is 2.06 bits per heavy atom. The van der Waals surface area contributed by atoms with Gasteiger partial charge in [-0.2, -0.15) is 0 Å². The smallest absolute Gasteiger partial charge is 0.331 e. The molecule has 0 aromatic heterocycles. The zero-order valence-electron chi connectivity index (χ0n) is 10.2. The van der Waals surface area contributed by atoms with E-state index in [1.165, 1.54) is 4.90 Å². The fourth-order valence-corrected chi connectivity index (χ4v) is 1.47. The van der Waals surface area contributed by atoms with Gasteiger partial charge in [0.2, 0.25) is 0 Å². The number of nitrogens with one attached hydrogen (secondary N) is 1. The minimum Gasteiger partial charge on any atom is -0.481 e. The van der Waals surface area contributed by atoms with Crippen LogP contribution in [0.1, 0.15) is 6.92 Å². The second kappa shape index (κ2) is 6.41. The number of urea groups is 1. The van der Waals surface area contributed by atoms with Crippen molar-refractivity contribution in [1.82, 2.24) is 15.3 Å². The molecule has 1 atom stereocenters. The second-order valence-electron chi connectivity index (χ2n) is 4.14. The summed E-state index contributed by atoms with van der Waals surface area (Å²) in [6.07, 6.45) is 0. The first kappa shape index (κ1) is 13.7. The van der Waals surface area contributed by atoms with E-state index in [1.807, 2.05) is 0 Å². The lowest BCUT2D eigenvalue weighted by Gasteiger charge is -2.29. The van der Waals surface area contributed by atoms with E-state index in [1.54, 1.807) is 19.0 Å².